The molecule has 1 heterocycles. The maximum absolute atomic E-state index is 6.21. The standard InChI is InChI=1S/C14H16Cl2N2/c1-14(2,3)13-8-12(17-18(13)4)10-6-5-9(15)7-11(10)16/h5-8H,1-4H3. The second kappa shape index (κ2) is 4.60. The molecule has 0 aliphatic heterocycles. The minimum atomic E-state index is 0.0545. The average molecular weight is 283 g/mol. The maximum atomic E-state index is 6.21. The first kappa shape index (κ1) is 13.4. The average Bonchev–Trinajstić information content (AvgIpc) is 2.59. The highest BCUT2D eigenvalue weighted by Gasteiger charge is 2.20. The normalized spacial score (nSPS) is 11.9. The molecule has 1 aromatic heterocycles. The van der Waals surface area contributed by atoms with Crippen LogP contribution in [0.2, 0.25) is 10.0 Å². The van der Waals surface area contributed by atoms with E-state index < -0.39 is 0 Å². The number of hydrogen-bond acceptors (Lipinski definition) is 1. The minimum Gasteiger partial charge on any atom is -0.272 e. The van der Waals surface area contributed by atoms with Gasteiger partial charge in [-0.2, -0.15) is 5.10 Å². The molecule has 96 valence electrons. The van der Waals surface area contributed by atoms with Gasteiger partial charge in [-0.25, -0.2) is 0 Å². The van der Waals surface area contributed by atoms with Gasteiger partial charge in [-0.3, -0.25) is 4.68 Å². The van der Waals surface area contributed by atoms with Crippen molar-refractivity contribution in [1.82, 2.24) is 9.78 Å². The zero-order chi connectivity index (χ0) is 13.5. The Labute approximate surface area is 118 Å². The molecule has 1 aromatic carbocycles. The molecule has 2 nitrogen and oxygen atoms in total. The van der Waals surface area contributed by atoms with Crippen molar-refractivity contribution < 1.29 is 0 Å². The minimum absolute atomic E-state index is 0.0545. The highest BCUT2D eigenvalue weighted by atomic mass is 35.5. The third-order valence-electron chi connectivity index (χ3n) is 2.86. The summed E-state index contributed by atoms with van der Waals surface area (Å²) in [5.41, 5.74) is 3.01. The first-order valence-electron chi connectivity index (χ1n) is 5.79. The maximum Gasteiger partial charge on any atom is 0.0941 e. The molecular weight excluding hydrogens is 267 g/mol. The predicted molar refractivity (Wildman–Crippen MR) is 77.4 cm³/mol. The van der Waals surface area contributed by atoms with Crippen LogP contribution < -0.4 is 0 Å². The Morgan fingerprint density at radius 1 is 1.11 bits per heavy atom. The van der Waals surface area contributed by atoms with E-state index in [1.165, 1.54) is 5.69 Å². The Morgan fingerprint density at radius 2 is 1.78 bits per heavy atom. The molecule has 4 heteroatoms. The zero-order valence-corrected chi connectivity index (χ0v) is 12.5. The molecular formula is C14H16Cl2N2. The van der Waals surface area contributed by atoms with Gasteiger partial charge in [-0.1, -0.05) is 44.0 Å². The Bertz CT molecular complexity index is 580. The van der Waals surface area contributed by atoms with E-state index in [9.17, 15) is 0 Å². The van der Waals surface area contributed by atoms with Gasteiger partial charge in [0.05, 0.1) is 10.7 Å². The molecule has 0 aliphatic carbocycles. The first-order valence-corrected chi connectivity index (χ1v) is 6.54. The van der Waals surface area contributed by atoms with Gasteiger partial charge in [0, 0.05) is 28.7 Å². The molecule has 0 fully saturated rings. The first-order chi connectivity index (χ1) is 8.29. The molecule has 0 bridgehead atoms. The highest BCUT2D eigenvalue weighted by molar-refractivity contribution is 6.36. The van der Waals surface area contributed by atoms with Crippen molar-refractivity contribution in [1.29, 1.82) is 0 Å². The summed E-state index contributed by atoms with van der Waals surface area (Å²) in [4.78, 5) is 0. The van der Waals surface area contributed by atoms with Crippen LogP contribution in [0.5, 0.6) is 0 Å². The fourth-order valence-corrected chi connectivity index (χ4v) is 2.50. The van der Waals surface area contributed by atoms with Gasteiger partial charge in [-0.15, -0.1) is 0 Å². The second-order valence-corrected chi connectivity index (χ2v) is 6.26. The van der Waals surface area contributed by atoms with Gasteiger partial charge >= 0.3 is 0 Å². The smallest absolute Gasteiger partial charge is 0.0941 e. The van der Waals surface area contributed by atoms with Crippen LogP contribution in [-0.2, 0) is 12.5 Å². The number of benzene rings is 1. The summed E-state index contributed by atoms with van der Waals surface area (Å²) in [6, 6.07) is 7.55. The van der Waals surface area contributed by atoms with E-state index in [4.69, 9.17) is 23.2 Å². The van der Waals surface area contributed by atoms with Crippen LogP contribution in [0, 0.1) is 0 Å². The number of halogens is 2. The van der Waals surface area contributed by atoms with Gasteiger partial charge < -0.3 is 0 Å². The Hall–Kier alpha value is -0.990. The van der Waals surface area contributed by atoms with Crippen LogP contribution >= 0.6 is 23.2 Å². The van der Waals surface area contributed by atoms with E-state index in [0.29, 0.717) is 10.0 Å². The predicted octanol–water partition coefficient (Wildman–Crippen LogP) is 4.69. The zero-order valence-electron chi connectivity index (χ0n) is 11.0. The van der Waals surface area contributed by atoms with Gasteiger partial charge in [-0.05, 0) is 24.3 Å². The monoisotopic (exact) mass is 282 g/mol. The fourth-order valence-electron chi connectivity index (χ4n) is 2.00. The fraction of sp³-hybridized carbons (Fsp3) is 0.357. The van der Waals surface area contributed by atoms with E-state index in [2.05, 4.69) is 31.9 Å². The van der Waals surface area contributed by atoms with Crippen molar-refractivity contribution in [3.05, 3.63) is 40.0 Å². The van der Waals surface area contributed by atoms with E-state index >= 15 is 0 Å². The van der Waals surface area contributed by atoms with Gasteiger partial charge in [0.2, 0.25) is 0 Å². The molecule has 0 saturated heterocycles. The summed E-state index contributed by atoms with van der Waals surface area (Å²) in [5, 5.41) is 5.79. The van der Waals surface area contributed by atoms with Crippen molar-refractivity contribution >= 4 is 23.2 Å². The summed E-state index contributed by atoms with van der Waals surface area (Å²) in [6.07, 6.45) is 0. The third kappa shape index (κ3) is 2.55. The number of nitrogens with zero attached hydrogens (tertiary/aromatic N) is 2. The summed E-state index contributed by atoms with van der Waals surface area (Å²) in [6.45, 7) is 6.49. The van der Waals surface area contributed by atoms with Gasteiger partial charge in [0.1, 0.15) is 0 Å². The van der Waals surface area contributed by atoms with Crippen LogP contribution in [0.1, 0.15) is 26.5 Å². The quantitative estimate of drug-likeness (QED) is 0.742. The number of aryl methyl sites for hydroxylation is 1. The molecule has 0 amide bonds. The Balaban J connectivity index is 2.53. The van der Waals surface area contributed by atoms with Crippen LogP contribution in [-0.4, -0.2) is 9.78 Å². The summed E-state index contributed by atoms with van der Waals surface area (Å²) in [7, 11) is 1.95. The summed E-state index contributed by atoms with van der Waals surface area (Å²) < 4.78 is 1.90. The van der Waals surface area contributed by atoms with E-state index in [0.717, 1.165) is 11.3 Å². The Morgan fingerprint density at radius 3 is 2.28 bits per heavy atom. The van der Waals surface area contributed by atoms with Crippen LogP contribution in [0.3, 0.4) is 0 Å². The molecule has 0 aliphatic rings. The molecule has 0 N–H and O–H groups in total. The summed E-state index contributed by atoms with van der Waals surface area (Å²) in [5.74, 6) is 0. The third-order valence-corrected chi connectivity index (χ3v) is 3.40. The van der Waals surface area contributed by atoms with Crippen molar-refractivity contribution in [2.45, 2.75) is 26.2 Å². The lowest BCUT2D eigenvalue weighted by molar-refractivity contribution is 0.523. The van der Waals surface area contributed by atoms with E-state index in [1.807, 2.05) is 23.9 Å². The second-order valence-electron chi connectivity index (χ2n) is 5.41. The molecule has 0 atom stereocenters. The topological polar surface area (TPSA) is 17.8 Å². The highest BCUT2D eigenvalue weighted by Crippen LogP contribution is 2.32. The van der Waals surface area contributed by atoms with Crippen molar-refractivity contribution in [3.63, 3.8) is 0 Å². The SMILES string of the molecule is Cn1nc(-c2ccc(Cl)cc2Cl)cc1C(C)(C)C. The molecule has 0 radical (unpaired) electrons. The van der Waals surface area contributed by atoms with Gasteiger partial charge in [0.15, 0.2) is 0 Å². The Kier molecular flexibility index (Phi) is 3.43. The number of hydrogen-bond donors (Lipinski definition) is 0. The lowest BCUT2D eigenvalue weighted by atomic mass is 9.91. The molecule has 18 heavy (non-hydrogen) atoms. The summed E-state index contributed by atoms with van der Waals surface area (Å²) >= 11 is 12.1. The number of rotatable bonds is 1. The van der Waals surface area contributed by atoms with Crippen molar-refractivity contribution in [2.24, 2.45) is 7.05 Å². The molecule has 0 saturated carbocycles. The van der Waals surface area contributed by atoms with Crippen LogP contribution in [0.4, 0.5) is 0 Å². The van der Waals surface area contributed by atoms with E-state index in [1.54, 1.807) is 6.07 Å². The molecule has 0 unspecified atom stereocenters. The molecule has 2 rings (SSSR count). The molecule has 0 spiro atoms. The lowest BCUT2D eigenvalue weighted by Crippen LogP contribution is -2.16. The van der Waals surface area contributed by atoms with Crippen LogP contribution in [0.15, 0.2) is 24.3 Å². The van der Waals surface area contributed by atoms with E-state index in [-0.39, 0.29) is 5.41 Å². The lowest BCUT2D eigenvalue weighted by Gasteiger charge is -2.17. The van der Waals surface area contributed by atoms with Crippen molar-refractivity contribution in [3.8, 4) is 11.3 Å². The van der Waals surface area contributed by atoms with Crippen LogP contribution in [0.25, 0.3) is 11.3 Å². The largest absolute Gasteiger partial charge is 0.272 e. The van der Waals surface area contributed by atoms with Gasteiger partial charge in [0.25, 0.3) is 0 Å². The van der Waals surface area contributed by atoms with Crippen molar-refractivity contribution in [2.75, 3.05) is 0 Å². The molecule has 2 aromatic rings. The number of aromatic nitrogens is 2.